The number of carbonyl (C=O) groups excluding carboxylic acids is 1. The summed E-state index contributed by atoms with van der Waals surface area (Å²) in [4.78, 5) is 26.9. The van der Waals surface area contributed by atoms with Crippen LogP contribution in [0.4, 0.5) is 11.4 Å². The third kappa shape index (κ3) is 4.74. The van der Waals surface area contributed by atoms with Crippen molar-refractivity contribution in [3.63, 3.8) is 0 Å². The molecule has 0 saturated carbocycles. The highest BCUT2D eigenvalue weighted by molar-refractivity contribution is 7.99. The van der Waals surface area contributed by atoms with Gasteiger partial charge in [0.2, 0.25) is 11.1 Å². The van der Waals surface area contributed by atoms with Crippen molar-refractivity contribution in [3.05, 3.63) is 63.7 Å². The molecule has 1 amide bonds. The van der Waals surface area contributed by atoms with Gasteiger partial charge in [-0.05, 0) is 30.5 Å². The molecule has 1 heterocycles. The average molecular weight is 397 g/mol. The Morgan fingerprint density at radius 3 is 2.64 bits per heavy atom. The second-order valence-electron chi connectivity index (χ2n) is 6.11. The summed E-state index contributed by atoms with van der Waals surface area (Å²) in [5, 5.41) is 21.0. The lowest BCUT2D eigenvalue weighted by molar-refractivity contribution is -0.384. The molecule has 3 rings (SSSR count). The van der Waals surface area contributed by atoms with Gasteiger partial charge in [0.25, 0.3) is 5.69 Å². The van der Waals surface area contributed by atoms with E-state index in [9.17, 15) is 14.9 Å². The number of hydrogen-bond acceptors (Lipinski definition) is 6. The van der Waals surface area contributed by atoms with E-state index in [0.717, 1.165) is 12.0 Å². The summed E-state index contributed by atoms with van der Waals surface area (Å²) in [6.45, 7) is 3.81. The SMILES string of the molecule is CCc1ccc(-c2nc(SCC(=O)Nc3ccc([N+](=O)[O-])cc3C)n[nH]2)cc1. The van der Waals surface area contributed by atoms with E-state index < -0.39 is 4.92 Å². The van der Waals surface area contributed by atoms with Crippen molar-refractivity contribution in [3.8, 4) is 11.4 Å². The molecule has 0 radical (unpaired) electrons. The molecule has 0 unspecified atom stereocenters. The van der Waals surface area contributed by atoms with Crippen LogP contribution in [0.5, 0.6) is 0 Å². The lowest BCUT2D eigenvalue weighted by atomic mass is 10.1. The minimum Gasteiger partial charge on any atom is -0.325 e. The van der Waals surface area contributed by atoms with Gasteiger partial charge in [-0.1, -0.05) is 43.0 Å². The van der Waals surface area contributed by atoms with Crippen LogP contribution in [0, 0.1) is 17.0 Å². The van der Waals surface area contributed by atoms with E-state index in [1.54, 1.807) is 6.92 Å². The number of nitrogens with zero attached hydrogens (tertiary/aromatic N) is 3. The third-order valence-corrected chi connectivity index (χ3v) is 4.98. The highest BCUT2D eigenvalue weighted by Crippen LogP contribution is 2.23. The average Bonchev–Trinajstić information content (AvgIpc) is 3.17. The first-order valence-electron chi connectivity index (χ1n) is 8.65. The largest absolute Gasteiger partial charge is 0.325 e. The van der Waals surface area contributed by atoms with Crippen molar-refractivity contribution in [2.45, 2.75) is 25.4 Å². The molecule has 0 aliphatic heterocycles. The van der Waals surface area contributed by atoms with E-state index in [1.807, 2.05) is 24.3 Å². The Balaban J connectivity index is 1.58. The Labute approximate surface area is 165 Å². The number of aryl methyl sites for hydroxylation is 2. The van der Waals surface area contributed by atoms with Crippen molar-refractivity contribution in [2.75, 3.05) is 11.1 Å². The monoisotopic (exact) mass is 397 g/mol. The number of non-ortho nitro benzene ring substituents is 1. The van der Waals surface area contributed by atoms with Crippen LogP contribution >= 0.6 is 11.8 Å². The van der Waals surface area contributed by atoms with Crippen LogP contribution in [0.3, 0.4) is 0 Å². The molecular formula is C19H19N5O3S. The van der Waals surface area contributed by atoms with Crippen LogP contribution in [-0.4, -0.2) is 31.8 Å². The van der Waals surface area contributed by atoms with Crippen molar-refractivity contribution in [1.29, 1.82) is 0 Å². The fourth-order valence-electron chi connectivity index (χ4n) is 2.56. The number of thioether (sulfide) groups is 1. The van der Waals surface area contributed by atoms with Crippen LogP contribution in [0.25, 0.3) is 11.4 Å². The number of anilines is 1. The van der Waals surface area contributed by atoms with E-state index in [4.69, 9.17) is 0 Å². The zero-order valence-corrected chi connectivity index (χ0v) is 16.2. The van der Waals surface area contributed by atoms with Gasteiger partial charge in [0, 0.05) is 23.4 Å². The predicted octanol–water partition coefficient (Wildman–Crippen LogP) is 3.98. The van der Waals surface area contributed by atoms with Gasteiger partial charge < -0.3 is 5.32 Å². The van der Waals surface area contributed by atoms with E-state index in [0.29, 0.717) is 22.2 Å². The summed E-state index contributed by atoms with van der Waals surface area (Å²) in [7, 11) is 0. The van der Waals surface area contributed by atoms with Crippen LogP contribution < -0.4 is 5.32 Å². The quantitative estimate of drug-likeness (QED) is 0.354. The number of nitro groups is 1. The topological polar surface area (TPSA) is 114 Å². The molecule has 3 aromatic rings. The van der Waals surface area contributed by atoms with Crippen LogP contribution in [0.1, 0.15) is 18.1 Å². The van der Waals surface area contributed by atoms with E-state index in [2.05, 4.69) is 27.4 Å². The number of benzene rings is 2. The van der Waals surface area contributed by atoms with Crippen LogP contribution in [0.15, 0.2) is 47.6 Å². The Morgan fingerprint density at radius 1 is 1.25 bits per heavy atom. The van der Waals surface area contributed by atoms with Gasteiger partial charge >= 0.3 is 0 Å². The van der Waals surface area contributed by atoms with Gasteiger partial charge in [-0.25, -0.2) is 4.98 Å². The molecule has 0 fully saturated rings. The molecule has 9 heteroatoms. The molecule has 28 heavy (non-hydrogen) atoms. The maximum atomic E-state index is 12.2. The van der Waals surface area contributed by atoms with E-state index in [1.165, 1.54) is 35.5 Å². The summed E-state index contributed by atoms with van der Waals surface area (Å²) in [5.74, 6) is 0.542. The molecule has 0 aliphatic rings. The Morgan fingerprint density at radius 2 is 2.00 bits per heavy atom. The van der Waals surface area contributed by atoms with Crippen molar-refractivity contribution in [2.24, 2.45) is 0 Å². The lowest BCUT2D eigenvalue weighted by Crippen LogP contribution is -2.15. The number of nitrogens with one attached hydrogen (secondary N) is 2. The number of H-pyrrole nitrogens is 1. The van der Waals surface area contributed by atoms with Gasteiger partial charge in [-0.3, -0.25) is 20.0 Å². The standard InChI is InChI=1S/C19H19N5O3S/c1-3-13-4-6-14(7-5-13)18-21-19(23-22-18)28-11-17(25)20-16-9-8-15(24(26)27)10-12(16)2/h4-10H,3,11H2,1-2H3,(H,20,25)(H,21,22,23). The highest BCUT2D eigenvalue weighted by Gasteiger charge is 2.12. The van der Waals surface area contributed by atoms with Gasteiger partial charge in [-0.2, -0.15) is 0 Å². The maximum absolute atomic E-state index is 12.2. The zero-order chi connectivity index (χ0) is 20.1. The summed E-state index contributed by atoms with van der Waals surface area (Å²) < 4.78 is 0. The molecule has 2 aromatic carbocycles. The minimum atomic E-state index is -0.467. The smallest absolute Gasteiger partial charge is 0.269 e. The first-order valence-corrected chi connectivity index (χ1v) is 9.64. The molecule has 0 aliphatic carbocycles. The van der Waals surface area contributed by atoms with E-state index >= 15 is 0 Å². The van der Waals surface area contributed by atoms with E-state index in [-0.39, 0.29) is 17.3 Å². The molecule has 1 aromatic heterocycles. The van der Waals surface area contributed by atoms with Crippen LogP contribution in [0.2, 0.25) is 0 Å². The first kappa shape index (κ1) is 19.6. The zero-order valence-electron chi connectivity index (χ0n) is 15.4. The Hall–Kier alpha value is -3.20. The molecule has 144 valence electrons. The number of rotatable bonds is 7. The maximum Gasteiger partial charge on any atom is 0.269 e. The van der Waals surface area contributed by atoms with Gasteiger partial charge in [0.15, 0.2) is 5.82 Å². The number of carbonyl (C=O) groups is 1. The molecule has 8 nitrogen and oxygen atoms in total. The highest BCUT2D eigenvalue weighted by atomic mass is 32.2. The lowest BCUT2D eigenvalue weighted by Gasteiger charge is -2.07. The predicted molar refractivity (Wildman–Crippen MR) is 108 cm³/mol. The van der Waals surface area contributed by atoms with Gasteiger partial charge in [0.1, 0.15) is 0 Å². The fourth-order valence-corrected chi connectivity index (χ4v) is 3.15. The fraction of sp³-hybridized carbons (Fsp3) is 0.211. The number of nitro benzene ring substituents is 1. The van der Waals surface area contributed by atoms with Crippen LogP contribution in [-0.2, 0) is 11.2 Å². The molecule has 0 saturated heterocycles. The molecule has 0 spiro atoms. The van der Waals surface area contributed by atoms with Gasteiger partial charge in [-0.15, -0.1) is 5.10 Å². The van der Waals surface area contributed by atoms with Crippen molar-refractivity contribution >= 4 is 29.0 Å². The van der Waals surface area contributed by atoms with Gasteiger partial charge in [0.05, 0.1) is 10.7 Å². The summed E-state index contributed by atoms with van der Waals surface area (Å²) in [6, 6.07) is 12.4. The second-order valence-corrected chi connectivity index (χ2v) is 7.05. The molecule has 0 bridgehead atoms. The minimum absolute atomic E-state index is 0.00917. The number of aromatic amines is 1. The number of amides is 1. The van der Waals surface area contributed by atoms with Crippen molar-refractivity contribution < 1.29 is 9.72 Å². The number of hydrogen-bond donors (Lipinski definition) is 2. The summed E-state index contributed by atoms with van der Waals surface area (Å²) in [6.07, 6.45) is 0.973. The first-order chi connectivity index (χ1) is 13.5. The Bertz CT molecular complexity index is 1000. The second kappa shape index (κ2) is 8.66. The Kier molecular flexibility index (Phi) is 6.05. The molecule has 0 atom stereocenters. The number of aromatic nitrogens is 3. The summed E-state index contributed by atoms with van der Waals surface area (Å²) >= 11 is 1.21. The molecular weight excluding hydrogens is 378 g/mol. The molecule has 2 N–H and O–H groups in total. The normalized spacial score (nSPS) is 10.6. The van der Waals surface area contributed by atoms with Crippen molar-refractivity contribution in [1.82, 2.24) is 15.2 Å². The summed E-state index contributed by atoms with van der Waals surface area (Å²) in [5.41, 5.74) is 3.34. The third-order valence-electron chi connectivity index (χ3n) is 4.13.